The third-order valence-corrected chi connectivity index (χ3v) is 2.19. The molecule has 1 rings (SSSR count). The molecule has 0 aromatic heterocycles. The molecule has 0 aliphatic heterocycles. The maximum atomic E-state index is 7.63. The van der Waals surface area contributed by atoms with Crippen LogP contribution in [-0.2, 0) is 0 Å². The van der Waals surface area contributed by atoms with Crippen LogP contribution < -0.4 is 0 Å². The molecule has 0 bridgehead atoms. The smallest absolute Gasteiger partial charge is 0.0572 e. The minimum absolute atomic E-state index is 0.574. The highest BCUT2D eigenvalue weighted by Crippen LogP contribution is 2.18. The lowest BCUT2D eigenvalue weighted by atomic mass is 9.93. The summed E-state index contributed by atoms with van der Waals surface area (Å²) in [7, 11) is 0. The van der Waals surface area contributed by atoms with E-state index >= 15 is 0 Å². The first-order valence-electron chi connectivity index (χ1n) is 5.13. The molecular formula is C12H20N2. The Hall–Kier alpha value is -1.18. The van der Waals surface area contributed by atoms with Crippen LogP contribution in [0.5, 0.6) is 0 Å². The van der Waals surface area contributed by atoms with Gasteiger partial charge >= 0.3 is 0 Å². The van der Waals surface area contributed by atoms with Crippen LogP contribution in [0.1, 0.15) is 40.5 Å². The van der Waals surface area contributed by atoms with Gasteiger partial charge in [0.15, 0.2) is 0 Å². The first-order valence-corrected chi connectivity index (χ1v) is 5.13. The molecule has 1 aliphatic rings. The third kappa shape index (κ3) is 3.29. The summed E-state index contributed by atoms with van der Waals surface area (Å²) in [6.45, 7) is 7.69. The minimum atomic E-state index is 0.574. The average molecular weight is 192 g/mol. The van der Waals surface area contributed by atoms with Crippen molar-refractivity contribution in [1.29, 1.82) is 10.8 Å². The minimum Gasteiger partial charge on any atom is -0.305 e. The van der Waals surface area contributed by atoms with E-state index in [0.717, 1.165) is 24.0 Å². The first kappa shape index (κ1) is 12.8. The number of nitrogens with one attached hydrogen (secondary N) is 2. The molecule has 0 unspecified atom stereocenters. The predicted molar refractivity (Wildman–Crippen MR) is 63.5 cm³/mol. The molecule has 0 aromatic rings. The van der Waals surface area contributed by atoms with E-state index in [0.29, 0.717) is 11.4 Å². The second-order valence-corrected chi connectivity index (χ2v) is 3.08. The molecule has 0 atom stereocenters. The highest BCUT2D eigenvalue weighted by molar-refractivity contribution is 6.12. The lowest BCUT2D eigenvalue weighted by Crippen LogP contribution is -2.08. The summed E-state index contributed by atoms with van der Waals surface area (Å²) in [6, 6.07) is 0. The van der Waals surface area contributed by atoms with Gasteiger partial charge in [-0.15, -0.1) is 0 Å². The van der Waals surface area contributed by atoms with Crippen LogP contribution in [0, 0.1) is 10.8 Å². The SMILES string of the molecule is CC.CC(=N)/C(C)=C1/CCC=CC1=N. The summed E-state index contributed by atoms with van der Waals surface area (Å²) in [6.07, 6.45) is 5.75. The van der Waals surface area contributed by atoms with Crippen LogP contribution >= 0.6 is 0 Å². The summed E-state index contributed by atoms with van der Waals surface area (Å²) in [4.78, 5) is 0. The van der Waals surface area contributed by atoms with Crippen molar-refractivity contribution in [3.05, 3.63) is 23.3 Å². The second-order valence-electron chi connectivity index (χ2n) is 3.08. The molecule has 2 N–H and O–H groups in total. The van der Waals surface area contributed by atoms with Gasteiger partial charge in [0.2, 0.25) is 0 Å². The van der Waals surface area contributed by atoms with Crippen molar-refractivity contribution in [2.24, 2.45) is 0 Å². The van der Waals surface area contributed by atoms with Gasteiger partial charge in [-0.05, 0) is 43.9 Å². The number of rotatable bonds is 1. The molecule has 0 saturated carbocycles. The van der Waals surface area contributed by atoms with Crippen LogP contribution in [0.15, 0.2) is 23.3 Å². The van der Waals surface area contributed by atoms with Crippen molar-refractivity contribution in [2.45, 2.75) is 40.5 Å². The Morgan fingerprint density at radius 3 is 2.29 bits per heavy atom. The highest BCUT2D eigenvalue weighted by Gasteiger charge is 2.10. The van der Waals surface area contributed by atoms with E-state index < -0.39 is 0 Å². The van der Waals surface area contributed by atoms with E-state index in [-0.39, 0.29) is 0 Å². The fourth-order valence-corrected chi connectivity index (χ4v) is 1.28. The lowest BCUT2D eigenvalue weighted by molar-refractivity contribution is 0.991. The molecule has 1 aliphatic carbocycles. The molecule has 14 heavy (non-hydrogen) atoms. The van der Waals surface area contributed by atoms with E-state index in [9.17, 15) is 0 Å². The fraction of sp³-hybridized carbons (Fsp3) is 0.500. The van der Waals surface area contributed by atoms with E-state index in [1.807, 2.05) is 32.9 Å². The van der Waals surface area contributed by atoms with Crippen molar-refractivity contribution < 1.29 is 0 Å². The summed E-state index contributed by atoms with van der Waals surface area (Å²) < 4.78 is 0. The average Bonchev–Trinajstić information content (AvgIpc) is 2.20. The lowest BCUT2D eigenvalue weighted by Gasteiger charge is -2.13. The van der Waals surface area contributed by atoms with Gasteiger partial charge in [-0.3, -0.25) is 0 Å². The molecule has 0 aromatic carbocycles. The van der Waals surface area contributed by atoms with Gasteiger partial charge in [-0.25, -0.2) is 0 Å². The Morgan fingerprint density at radius 1 is 1.29 bits per heavy atom. The summed E-state index contributed by atoms with van der Waals surface area (Å²) >= 11 is 0. The zero-order valence-electron chi connectivity index (χ0n) is 9.57. The predicted octanol–water partition coefficient (Wildman–Crippen LogP) is 3.74. The van der Waals surface area contributed by atoms with Gasteiger partial charge in [-0.1, -0.05) is 19.9 Å². The zero-order chi connectivity index (χ0) is 11.1. The molecule has 0 heterocycles. The Kier molecular flexibility index (Phi) is 5.77. The Labute approximate surface area is 86.7 Å². The summed E-state index contributed by atoms with van der Waals surface area (Å²) in [5.74, 6) is 0. The molecule has 78 valence electrons. The Balaban J connectivity index is 0.000000791. The van der Waals surface area contributed by atoms with E-state index in [1.54, 1.807) is 6.92 Å². The molecular weight excluding hydrogens is 172 g/mol. The molecule has 2 heteroatoms. The van der Waals surface area contributed by atoms with Gasteiger partial charge < -0.3 is 10.8 Å². The van der Waals surface area contributed by atoms with Crippen LogP contribution in [0.4, 0.5) is 0 Å². The van der Waals surface area contributed by atoms with Crippen LogP contribution in [-0.4, -0.2) is 11.4 Å². The van der Waals surface area contributed by atoms with E-state index in [2.05, 4.69) is 0 Å². The quantitative estimate of drug-likeness (QED) is 0.595. The normalized spacial score (nSPS) is 18.4. The molecule has 0 fully saturated rings. The van der Waals surface area contributed by atoms with Gasteiger partial charge in [0.25, 0.3) is 0 Å². The first-order chi connectivity index (χ1) is 6.63. The maximum Gasteiger partial charge on any atom is 0.0572 e. The van der Waals surface area contributed by atoms with Crippen molar-refractivity contribution in [1.82, 2.24) is 0 Å². The molecule has 0 spiro atoms. The summed E-state index contributed by atoms with van der Waals surface area (Å²) in [5, 5.41) is 15.1. The molecule has 0 amide bonds. The largest absolute Gasteiger partial charge is 0.305 e. The van der Waals surface area contributed by atoms with Crippen molar-refractivity contribution >= 4 is 11.4 Å². The Bertz CT molecular complexity index is 283. The van der Waals surface area contributed by atoms with Crippen molar-refractivity contribution in [3.63, 3.8) is 0 Å². The topological polar surface area (TPSA) is 47.7 Å². The second kappa shape index (κ2) is 6.30. The number of hydrogen-bond acceptors (Lipinski definition) is 2. The van der Waals surface area contributed by atoms with Gasteiger partial charge in [-0.2, -0.15) is 0 Å². The number of allylic oxidation sites excluding steroid dienone is 4. The fourth-order valence-electron chi connectivity index (χ4n) is 1.28. The monoisotopic (exact) mass is 192 g/mol. The highest BCUT2D eigenvalue weighted by atomic mass is 14.4. The van der Waals surface area contributed by atoms with Crippen LogP contribution in [0.2, 0.25) is 0 Å². The molecule has 0 saturated heterocycles. The zero-order valence-corrected chi connectivity index (χ0v) is 9.57. The third-order valence-electron chi connectivity index (χ3n) is 2.19. The molecule has 0 radical (unpaired) electrons. The van der Waals surface area contributed by atoms with E-state index in [1.165, 1.54) is 0 Å². The van der Waals surface area contributed by atoms with Gasteiger partial charge in [0.1, 0.15) is 0 Å². The molecule has 2 nitrogen and oxygen atoms in total. The number of hydrogen-bond donors (Lipinski definition) is 2. The standard InChI is InChI=1S/C10H14N2.C2H6/c1-7(8(2)11)9-5-3-4-6-10(9)12;1-2/h4,6,11-12H,3,5H2,1-2H3;1-2H3/b9-7-,11-8?,12-10?;. The van der Waals surface area contributed by atoms with E-state index in [4.69, 9.17) is 10.8 Å². The van der Waals surface area contributed by atoms with Crippen molar-refractivity contribution in [3.8, 4) is 0 Å². The van der Waals surface area contributed by atoms with Crippen molar-refractivity contribution in [2.75, 3.05) is 0 Å². The Morgan fingerprint density at radius 2 is 1.86 bits per heavy atom. The van der Waals surface area contributed by atoms with Gasteiger partial charge in [0.05, 0.1) is 5.71 Å². The van der Waals surface area contributed by atoms with Crippen LogP contribution in [0.3, 0.4) is 0 Å². The maximum absolute atomic E-state index is 7.63. The van der Waals surface area contributed by atoms with Crippen LogP contribution in [0.25, 0.3) is 0 Å². The summed E-state index contributed by atoms with van der Waals surface area (Å²) in [5.41, 5.74) is 3.14. The van der Waals surface area contributed by atoms with Gasteiger partial charge in [0, 0.05) is 5.71 Å².